The van der Waals surface area contributed by atoms with Gasteiger partial charge in [0.2, 0.25) is 0 Å². The summed E-state index contributed by atoms with van der Waals surface area (Å²) in [5, 5.41) is 0. The lowest BCUT2D eigenvalue weighted by Gasteiger charge is -2.38. The molecule has 21 heavy (non-hydrogen) atoms. The van der Waals surface area contributed by atoms with E-state index < -0.39 is 0 Å². The molecule has 0 amide bonds. The van der Waals surface area contributed by atoms with E-state index in [1.165, 1.54) is 43.6 Å². The summed E-state index contributed by atoms with van der Waals surface area (Å²) < 4.78 is 0. The molecule has 1 aliphatic heterocycles. The minimum absolute atomic E-state index is 0.626. The fourth-order valence-corrected chi connectivity index (χ4v) is 4.00. The first kappa shape index (κ1) is 16.4. The van der Waals surface area contributed by atoms with E-state index in [1.807, 2.05) is 0 Å². The average Bonchev–Trinajstić information content (AvgIpc) is 2.48. The van der Waals surface area contributed by atoms with Gasteiger partial charge in [0.15, 0.2) is 0 Å². The van der Waals surface area contributed by atoms with E-state index in [1.54, 1.807) is 0 Å². The van der Waals surface area contributed by atoms with Gasteiger partial charge in [-0.1, -0.05) is 53.2 Å². The van der Waals surface area contributed by atoms with Crippen LogP contribution in [0.5, 0.6) is 0 Å². The molecule has 0 radical (unpaired) electrons. The second-order valence-corrected chi connectivity index (χ2v) is 7.39. The summed E-state index contributed by atoms with van der Waals surface area (Å²) >= 11 is 0. The van der Waals surface area contributed by atoms with E-state index in [9.17, 15) is 0 Å². The minimum atomic E-state index is 0.626. The van der Waals surface area contributed by atoms with E-state index in [-0.39, 0.29) is 0 Å². The maximum atomic E-state index is 2.58. The average molecular weight is 287 g/mol. The van der Waals surface area contributed by atoms with Crippen LogP contribution in [0.3, 0.4) is 0 Å². The highest BCUT2D eigenvalue weighted by Gasteiger charge is 2.27. The molecule has 1 atom stereocenters. The van der Waals surface area contributed by atoms with Crippen LogP contribution in [0.25, 0.3) is 0 Å². The summed E-state index contributed by atoms with van der Waals surface area (Å²) in [5.41, 5.74) is 2.86. The molecule has 1 aromatic carbocycles. The van der Waals surface area contributed by atoms with Gasteiger partial charge in [-0.25, -0.2) is 0 Å². The standard InChI is InChI=1S/C20H33N/c1-6-20(16(4)5)18-11-13-21(14-12-18)19-9-7-17(8-10-19)15(2)3/h7-10,15-16,18,20H,6,11-14H2,1-5H3. The molecule has 1 unspecified atom stereocenters. The Morgan fingerprint density at radius 3 is 2.00 bits per heavy atom. The molecule has 1 aromatic rings. The van der Waals surface area contributed by atoms with E-state index in [4.69, 9.17) is 0 Å². The summed E-state index contributed by atoms with van der Waals surface area (Å²) in [6, 6.07) is 9.23. The first-order valence-corrected chi connectivity index (χ1v) is 8.87. The summed E-state index contributed by atoms with van der Waals surface area (Å²) in [5.74, 6) is 3.30. The molecule has 2 rings (SSSR count). The number of nitrogens with zero attached hydrogens (tertiary/aromatic N) is 1. The van der Waals surface area contributed by atoms with Crippen molar-refractivity contribution in [3.63, 3.8) is 0 Å². The van der Waals surface area contributed by atoms with Crippen molar-refractivity contribution >= 4 is 5.69 Å². The van der Waals surface area contributed by atoms with Gasteiger partial charge < -0.3 is 4.90 Å². The molecular formula is C20H33N. The van der Waals surface area contributed by atoms with Crippen molar-refractivity contribution in [2.24, 2.45) is 17.8 Å². The number of piperidine rings is 1. The highest BCUT2D eigenvalue weighted by atomic mass is 15.1. The summed E-state index contributed by atoms with van der Waals surface area (Å²) in [4.78, 5) is 2.58. The normalized spacial score (nSPS) is 18.5. The van der Waals surface area contributed by atoms with Gasteiger partial charge >= 0.3 is 0 Å². The SMILES string of the molecule is CCC(C(C)C)C1CCN(c2ccc(C(C)C)cc2)CC1. The second-order valence-electron chi connectivity index (χ2n) is 7.39. The van der Waals surface area contributed by atoms with Crippen molar-refractivity contribution in [3.05, 3.63) is 29.8 Å². The first-order chi connectivity index (χ1) is 10.0. The van der Waals surface area contributed by atoms with Crippen molar-refractivity contribution in [1.29, 1.82) is 0 Å². The van der Waals surface area contributed by atoms with Gasteiger partial charge in [-0.05, 0) is 54.2 Å². The Kier molecular flexibility index (Phi) is 5.72. The molecule has 0 aromatic heterocycles. The van der Waals surface area contributed by atoms with Crippen LogP contribution in [-0.2, 0) is 0 Å². The molecule has 0 saturated carbocycles. The summed E-state index contributed by atoms with van der Waals surface area (Å²) in [6.07, 6.45) is 4.07. The Hall–Kier alpha value is -0.980. The molecule has 118 valence electrons. The van der Waals surface area contributed by atoms with E-state index in [0.29, 0.717) is 5.92 Å². The predicted octanol–water partition coefficient (Wildman–Crippen LogP) is 5.71. The largest absolute Gasteiger partial charge is 0.372 e. The lowest BCUT2D eigenvalue weighted by atomic mass is 9.76. The van der Waals surface area contributed by atoms with Crippen molar-refractivity contribution in [3.8, 4) is 0 Å². The molecule has 1 aliphatic rings. The van der Waals surface area contributed by atoms with E-state index in [2.05, 4.69) is 63.8 Å². The van der Waals surface area contributed by atoms with Crippen molar-refractivity contribution < 1.29 is 0 Å². The van der Waals surface area contributed by atoms with Crippen LogP contribution in [0.1, 0.15) is 65.4 Å². The Bertz CT molecular complexity index is 410. The predicted molar refractivity (Wildman–Crippen MR) is 94.1 cm³/mol. The minimum Gasteiger partial charge on any atom is -0.372 e. The third-order valence-electron chi connectivity index (χ3n) is 5.40. The molecule has 1 nitrogen and oxygen atoms in total. The number of rotatable bonds is 5. The van der Waals surface area contributed by atoms with Gasteiger partial charge in [0.25, 0.3) is 0 Å². The zero-order valence-corrected chi connectivity index (χ0v) is 14.6. The van der Waals surface area contributed by atoms with Gasteiger partial charge in [0.05, 0.1) is 0 Å². The van der Waals surface area contributed by atoms with Gasteiger partial charge in [-0.3, -0.25) is 0 Å². The van der Waals surface area contributed by atoms with Gasteiger partial charge in [-0.2, -0.15) is 0 Å². The molecule has 1 heteroatoms. The molecule has 1 heterocycles. The smallest absolute Gasteiger partial charge is 0.0366 e. The number of hydrogen-bond acceptors (Lipinski definition) is 1. The monoisotopic (exact) mass is 287 g/mol. The molecule has 1 saturated heterocycles. The fourth-order valence-electron chi connectivity index (χ4n) is 4.00. The quantitative estimate of drug-likeness (QED) is 0.670. The number of benzene rings is 1. The van der Waals surface area contributed by atoms with Gasteiger partial charge in [-0.15, -0.1) is 0 Å². The highest BCUT2D eigenvalue weighted by molar-refractivity contribution is 5.48. The highest BCUT2D eigenvalue weighted by Crippen LogP contribution is 2.34. The maximum absolute atomic E-state index is 2.58. The second kappa shape index (κ2) is 7.33. The zero-order valence-electron chi connectivity index (χ0n) is 14.6. The summed E-state index contributed by atoms with van der Waals surface area (Å²) in [7, 11) is 0. The maximum Gasteiger partial charge on any atom is 0.0366 e. The Morgan fingerprint density at radius 1 is 1.00 bits per heavy atom. The van der Waals surface area contributed by atoms with Crippen LogP contribution in [0, 0.1) is 17.8 Å². The Balaban J connectivity index is 1.94. The van der Waals surface area contributed by atoms with Crippen LogP contribution in [0.2, 0.25) is 0 Å². The first-order valence-electron chi connectivity index (χ1n) is 8.87. The van der Waals surface area contributed by atoms with Crippen LogP contribution in [-0.4, -0.2) is 13.1 Å². The van der Waals surface area contributed by atoms with E-state index in [0.717, 1.165) is 17.8 Å². The van der Waals surface area contributed by atoms with Crippen molar-refractivity contribution in [2.45, 2.75) is 59.8 Å². The molecule has 0 N–H and O–H groups in total. The fraction of sp³-hybridized carbons (Fsp3) is 0.700. The van der Waals surface area contributed by atoms with Gasteiger partial charge in [0, 0.05) is 18.8 Å². The number of hydrogen-bond donors (Lipinski definition) is 0. The van der Waals surface area contributed by atoms with Crippen LogP contribution < -0.4 is 4.90 Å². The molecule has 0 spiro atoms. The lowest BCUT2D eigenvalue weighted by Crippen LogP contribution is -2.37. The molecule has 0 aliphatic carbocycles. The molecule has 0 bridgehead atoms. The van der Waals surface area contributed by atoms with Crippen molar-refractivity contribution in [2.75, 3.05) is 18.0 Å². The van der Waals surface area contributed by atoms with E-state index >= 15 is 0 Å². The summed E-state index contributed by atoms with van der Waals surface area (Å²) in [6.45, 7) is 14.1. The van der Waals surface area contributed by atoms with Crippen LogP contribution in [0.4, 0.5) is 5.69 Å². The molecule has 1 fully saturated rings. The van der Waals surface area contributed by atoms with Gasteiger partial charge in [0.1, 0.15) is 0 Å². The van der Waals surface area contributed by atoms with Crippen LogP contribution >= 0.6 is 0 Å². The van der Waals surface area contributed by atoms with Crippen molar-refractivity contribution in [1.82, 2.24) is 0 Å². The third-order valence-corrected chi connectivity index (χ3v) is 5.40. The topological polar surface area (TPSA) is 3.24 Å². The Labute approximate surface area is 131 Å². The zero-order chi connectivity index (χ0) is 15.4. The van der Waals surface area contributed by atoms with Crippen LogP contribution in [0.15, 0.2) is 24.3 Å². The third kappa shape index (κ3) is 4.02. The number of anilines is 1. The Morgan fingerprint density at radius 2 is 1.57 bits per heavy atom. The lowest BCUT2D eigenvalue weighted by molar-refractivity contribution is 0.208. The molecular weight excluding hydrogens is 254 g/mol.